The minimum atomic E-state index is -1.03. The summed E-state index contributed by atoms with van der Waals surface area (Å²) in [6.07, 6.45) is -1.31. The minimum absolute atomic E-state index is 0.161. The van der Waals surface area contributed by atoms with E-state index in [9.17, 15) is 19.7 Å². The number of para-hydroxylation sites is 1. The maximum atomic E-state index is 12.1. The Morgan fingerprint density at radius 1 is 1.20 bits per heavy atom. The van der Waals surface area contributed by atoms with E-state index in [0.717, 1.165) is 4.47 Å². The van der Waals surface area contributed by atoms with Gasteiger partial charge in [-0.3, -0.25) is 19.7 Å². The summed E-state index contributed by atoms with van der Waals surface area (Å²) in [6, 6.07) is 12.8. The van der Waals surface area contributed by atoms with Crippen LogP contribution in [0.2, 0.25) is 0 Å². The maximum Gasteiger partial charge on any atom is 0.311 e. The first-order chi connectivity index (χ1) is 11.9. The molecule has 0 unspecified atom stereocenters. The number of hydrogen-bond acceptors (Lipinski definition) is 5. The van der Waals surface area contributed by atoms with Crippen molar-refractivity contribution in [2.75, 3.05) is 5.32 Å². The number of ether oxygens (including phenoxy) is 1. The van der Waals surface area contributed by atoms with Crippen LogP contribution < -0.4 is 5.32 Å². The van der Waals surface area contributed by atoms with Crippen LogP contribution in [0.3, 0.4) is 0 Å². The van der Waals surface area contributed by atoms with Crippen LogP contribution in [0, 0.1) is 10.1 Å². The van der Waals surface area contributed by atoms with E-state index in [4.69, 9.17) is 4.74 Å². The molecule has 0 radical (unpaired) electrons. The van der Waals surface area contributed by atoms with Gasteiger partial charge in [0.2, 0.25) is 0 Å². The number of nitro benzene ring substituents is 1. The van der Waals surface area contributed by atoms with Crippen LogP contribution in [0.1, 0.15) is 12.5 Å². The van der Waals surface area contributed by atoms with E-state index in [2.05, 4.69) is 21.2 Å². The lowest BCUT2D eigenvalue weighted by atomic mass is 10.1. The number of halogens is 1. The van der Waals surface area contributed by atoms with E-state index < -0.39 is 22.9 Å². The molecule has 2 aromatic carbocycles. The zero-order valence-corrected chi connectivity index (χ0v) is 14.9. The molecule has 1 atom stereocenters. The SMILES string of the molecule is C[C@@H](OC(=O)Cc1ccccc1[N+](=O)[O-])C(=O)Nc1ccc(Br)cc1. The molecule has 0 saturated carbocycles. The first-order valence-corrected chi connectivity index (χ1v) is 8.14. The van der Waals surface area contributed by atoms with Crippen LogP contribution in [-0.4, -0.2) is 22.9 Å². The molecule has 25 heavy (non-hydrogen) atoms. The van der Waals surface area contributed by atoms with E-state index in [1.165, 1.54) is 25.1 Å². The Balaban J connectivity index is 1.94. The van der Waals surface area contributed by atoms with Gasteiger partial charge in [-0.1, -0.05) is 34.1 Å². The van der Waals surface area contributed by atoms with Gasteiger partial charge >= 0.3 is 5.97 Å². The van der Waals surface area contributed by atoms with Gasteiger partial charge in [-0.25, -0.2) is 0 Å². The fourth-order valence-corrected chi connectivity index (χ4v) is 2.33. The lowest BCUT2D eigenvalue weighted by Crippen LogP contribution is -2.30. The largest absolute Gasteiger partial charge is 0.452 e. The molecule has 0 bridgehead atoms. The number of carbonyl (C=O) groups excluding carboxylic acids is 2. The second kappa shape index (κ2) is 8.39. The normalized spacial score (nSPS) is 11.4. The average molecular weight is 407 g/mol. The topological polar surface area (TPSA) is 98.5 Å². The molecule has 1 N–H and O–H groups in total. The molecule has 0 aliphatic heterocycles. The van der Waals surface area contributed by atoms with Gasteiger partial charge in [-0.05, 0) is 31.2 Å². The van der Waals surface area contributed by atoms with Gasteiger partial charge in [0.05, 0.1) is 11.3 Å². The summed E-state index contributed by atoms with van der Waals surface area (Å²) in [5, 5.41) is 13.6. The Morgan fingerprint density at radius 2 is 1.84 bits per heavy atom. The molecular formula is C17H15BrN2O5. The summed E-state index contributed by atoms with van der Waals surface area (Å²) in [7, 11) is 0. The highest BCUT2D eigenvalue weighted by Gasteiger charge is 2.21. The molecular weight excluding hydrogens is 392 g/mol. The highest BCUT2D eigenvalue weighted by atomic mass is 79.9. The number of amides is 1. The number of rotatable bonds is 6. The highest BCUT2D eigenvalue weighted by Crippen LogP contribution is 2.19. The molecule has 0 saturated heterocycles. The molecule has 0 fully saturated rings. The Hall–Kier alpha value is -2.74. The van der Waals surface area contributed by atoms with Gasteiger partial charge in [0, 0.05) is 21.8 Å². The van der Waals surface area contributed by atoms with Crippen LogP contribution in [-0.2, 0) is 20.7 Å². The van der Waals surface area contributed by atoms with Gasteiger partial charge < -0.3 is 10.1 Å². The van der Waals surface area contributed by atoms with E-state index in [0.29, 0.717) is 5.69 Å². The minimum Gasteiger partial charge on any atom is -0.452 e. The Morgan fingerprint density at radius 3 is 2.48 bits per heavy atom. The number of carbonyl (C=O) groups is 2. The summed E-state index contributed by atoms with van der Waals surface area (Å²) in [5.74, 6) is -1.20. The summed E-state index contributed by atoms with van der Waals surface area (Å²) < 4.78 is 5.93. The number of nitrogens with zero attached hydrogens (tertiary/aromatic N) is 1. The third-order valence-electron chi connectivity index (χ3n) is 3.31. The van der Waals surface area contributed by atoms with Crippen molar-refractivity contribution < 1.29 is 19.2 Å². The summed E-state index contributed by atoms with van der Waals surface area (Å²) in [4.78, 5) is 34.4. The Kier molecular flexibility index (Phi) is 6.24. The molecule has 0 aliphatic carbocycles. The first kappa shape index (κ1) is 18.6. The van der Waals surface area contributed by atoms with Gasteiger partial charge in [-0.15, -0.1) is 0 Å². The van der Waals surface area contributed by atoms with E-state index >= 15 is 0 Å². The molecule has 8 heteroatoms. The maximum absolute atomic E-state index is 12.1. The van der Waals surface area contributed by atoms with Crippen LogP contribution in [0.15, 0.2) is 53.0 Å². The van der Waals surface area contributed by atoms with Crippen LogP contribution in [0.4, 0.5) is 11.4 Å². The van der Waals surface area contributed by atoms with Crippen molar-refractivity contribution in [3.63, 3.8) is 0 Å². The fraction of sp³-hybridized carbons (Fsp3) is 0.176. The van der Waals surface area contributed by atoms with Crippen molar-refractivity contribution in [3.8, 4) is 0 Å². The molecule has 130 valence electrons. The molecule has 0 heterocycles. The smallest absolute Gasteiger partial charge is 0.311 e. The Labute approximate surface area is 152 Å². The van der Waals surface area contributed by atoms with Crippen molar-refractivity contribution >= 4 is 39.2 Å². The summed E-state index contributed by atoms with van der Waals surface area (Å²) in [5.41, 5.74) is 0.638. The van der Waals surface area contributed by atoms with Gasteiger partial charge in [0.1, 0.15) is 0 Å². The van der Waals surface area contributed by atoms with Gasteiger partial charge in [0.15, 0.2) is 6.10 Å². The van der Waals surface area contributed by atoms with Crippen LogP contribution in [0.5, 0.6) is 0 Å². The van der Waals surface area contributed by atoms with Crippen molar-refractivity contribution in [1.82, 2.24) is 0 Å². The van der Waals surface area contributed by atoms with Gasteiger partial charge in [0.25, 0.3) is 11.6 Å². The standard InChI is InChI=1S/C17H15BrN2O5/c1-11(17(22)19-14-8-6-13(18)7-9-14)25-16(21)10-12-4-2-3-5-15(12)20(23)24/h2-9,11H,10H2,1H3,(H,19,22)/t11-/m1/s1. The van der Waals surface area contributed by atoms with Crippen molar-refractivity contribution in [3.05, 3.63) is 68.7 Å². The number of nitro groups is 1. The van der Waals surface area contributed by atoms with Crippen molar-refractivity contribution in [1.29, 1.82) is 0 Å². The van der Waals surface area contributed by atoms with Crippen molar-refractivity contribution in [2.24, 2.45) is 0 Å². The zero-order valence-electron chi connectivity index (χ0n) is 13.3. The van der Waals surface area contributed by atoms with Crippen LogP contribution >= 0.6 is 15.9 Å². The lowest BCUT2D eigenvalue weighted by Gasteiger charge is -2.13. The molecule has 0 aliphatic rings. The predicted molar refractivity (Wildman–Crippen MR) is 95.1 cm³/mol. The molecule has 2 rings (SSSR count). The molecule has 0 spiro atoms. The summed E-state index contributed by atoms with van der Waals surface area (Å²) in [6.45, 7) is 1.44. The van der Waals surface area contributed by atoms with E-state index in [-0.39, 0.29) is 17.7 Å². The van der Waals surface area contributed by atoms with Crippen LogP contribution in [0.25, 0.3) is 0 Å². The second-order valence-corrected chi connectivity index (χ2v) is 6.11. The lowest BCUT2D eigenvalue weighted by molar-refractivity contribution is -0.385. The number of hydrogen-bond donors (Lipinski definition) is 1. The first-order valence-electron chi connectivity index (χ1n) is 7.35. The highest BCUT2D eigenvalue weighted by molar-refractivity contribution is 9.10. The third-order valence-corrected chi connectivity index (χ3v) is 3.84. The predicted octanol–water partition coefficient (Wildman–Crippen LogP) is 3.47. The number of esters is 1. The van der Waals surface area contributed by atoms with Gasteiger partial charge in [-0.2, -0.15) is 0 Å². The molecule has 7 nitrogen and oxygen atoms in total. The fourth-order valence-electron chi connectivity index (χ4n) is 2.06. The third kappa shape index (κ3) is 5.39. The molecule has 0 aromatic heterocycles. The number of anilines is 1. The van der Waals surface area contributed by atoms with Crippen molar-refractivity contribution in [2.45, 2.75) is 19.4 Å². The monoisotopic (exact) mass is 406 g/mol. The average Bonchev–Trinajstić information content (AvgIpc) is 2.57. The second-order valence-electron chi connectivity index (χ2n) is 5.19. The number of nitrogens with one attached hydrogen (secondary N) is 1. The zero-order chi connectivity index (χ0) is 18.4. The molecule has 1 amide bonds. The molecule has 2 aromatic rings. The quantitative estimate of drug-likeness (QED) is 0.449. The number of benzene rings is 2. The summed E-state index contributed by atoms with van der Waals surface area (Å²) >= 11 is 3.29. The van der Waals surface area contributed by atoms with E-state index in [1.807, 2.05) is 0 Å². The Bertz CT molecular complexity index is 792. The van der Waals surface area contributed by atoms with E-state index in [1.54, 1.807) is 30.3 Å².